The van der Waals surface area contributed by atoms with E-state index in [0.717, 1.165) is 43.7 Å². The summed E-state index contributed by atoms with van der Waals surface area (Å²) in [5.41, 5.74) is 2.03. The Morgan fingerprint density at radius 1 is 1.16 bits per heavy atom. The third-order valence-electron chi connectivity index (χ3n) is 3.39. The molecule has 104 valence electrons. The van der Waals surface area contributed by atoms with Gasteiger partial charge in [-0.1, -0.05) is 0 Å². The van der Waals surface area contributed by atoms with Gasteiger partial charge < -0.3 is 10.2 Å². The SMILES string of the molecule is O=C1CCCN1c1ccc(NCCCCCF)cc1. The van der Waals surface area contributed by atoms with Crippen LogP contribution in [0.2, 0.25) is 0 Å². The lowest BCUT2D eigenvalue weighted by atomic mass is 10.2. The van der Waals surface area contributed by atoms with Crippen molar-refractivity contribution in [3.8, 4) is 0 Å². The molecule has 0 aliphatic carbocycles. The van der Waals surface area contributed by atoms with E-state index in [-0.39, 0.29) is 12.6 Å². The van der Waals surface area contributed by atoms with E-state index in [4.69, 9.17) is 0 Å². The Hall–Kier alpha value is -1.58. The number of carbonyl (C=O) groups is 1. The van der Waals surface area contributed by atoms with Crippen LogP contribution in [0.25, 0.3) is 0 Å². The minimum atomic E-state index is -0.224. The molecule has 0 spiro atoms. The predicted octanol–water partition coefficient (Wildman–Crippen LogP) is 3.37. The number of nitrogens with one attached hydrogen (secondary N) is 1. The summed E-state index contributed by atoms with van der Waals surface area (Å²) < 4.78 is 11.9. The summed E-state index contributed by atoms with van der Waals surface area (Å²) in [4.78, 5) is 13.5. The van der Waals surface area contributed by atoms with E-state index in [1.54, 1.807) is 0 Å². The van der Waals surface area contributed by atoms with Gasteiger partial charge in [-0.15, -0.1) is 0 Å². The summed E-state index contributed by atoms with van der Waals surface area (Å²) in [7, 11) is 0. The van der Waals surface area contributed by atoms with Gasteiger partial charge in [0.25, 0.3) is 0 Å². The van der Waals surface area contributed by atoms with Gasteiger partial charge in [0.15, 0.2) is 0 Å². The van der Waals surface area contributed by atoms with Gasteiger partial charge >= 0.3 is 0 Å². The normalized spacial score (nSPS) is 15.0. The first-order valence-electron chi connectivity index (χ1n) is 7.01. The van der Waals surface area contributed by atoms with Gasteiger partial charge in [-0.05, 0) is 49.9 Å². The minimum Gasteiger partial charge on any atom is -0.385 e. The van der Waals surface area contributed by atoms with Gasteiger partial charge in [0, 0.05) is 30.9 Å². The maximum atomic E-state index is 11.9. The molecule has 0 radical (unpaired) electrons. The Kier molecular flexibility index (Phi) is 5.19. The first kappa shape index (κ1) is 13.8. The molecule has 2 rings (SSSR count). The van der Waals surface area contributed by atoms with Gasteiger partial charge in [-0.3, -0.25) is 9.18 Å². The fourth-order valence-electron chi connectivity index (χ4n) is 2.31. The lowest BCUT2D eigenvalue weighted by Gasteiger charge is -2.16. The number of benzene rings is 1. The molecule has 1 aromatic carbocycles. The van der Waals surface area contributed by atoms with Crippen LogP contribution in [0.4, 0.5) is 15.8 Å². The molecule has 1 heterocycles. The van der Waals surface area contributed by atoms with E-state index in [1.165, 1.54) is 0 Å². The molecule has 1 fully saturated rings. The summed E-state index contributed by atoms with van der Waals surface area (Å²) in [5, 5.41) is 3.31. The molecule has 19 heavy (non-hydrogen) atoms. The Labute approximate surface area is 113 Å². The van der Waals surface area contributed by atoms with E-state index < -0.39 is 0 Å². The predicted molar refractivity (Wildman–Crippen MR) is 76.3 cm³/mol. The third-order valence-corrected chi connectivity index (χ3v) is 3.39. The van der Waals surface area contributed by atoms with E-state index in [2.05, 4.69) is 5.32 Å². The van der Waals surface area contributed by atoms with Crippen LogP contribution in [0.3, 0.4) is 0 Å². The molecule has 1 amide bonds. The second-order valence-electron chi connectivity index (χ2n) is 4.87. The Bertz CT molecular complexity index is 405. The third kappa shape index (κ3) is 3.94. The van der Waals surface area contributed by atoms with Crippen LogP contribution in [-0.2, 0) is 4.79 Å². The lowest BCUT2D eigenvalue weighted by Crippen LogP contribution is -2.23. The van der Waals surface area contributed by atoms with Crippen molar-refractivity contribution in [1.82, 2.24) is 0 Å². The number of nitrogens with zero attached hydrogens (tertiary/aromatic N) is 1. The summed E-state index contributed by atoms with van der Waals surface area (Å²) >= 11 is 0. The highest BCUT2D eigenvalue weighted by molar-refractivity contribution is 5.95. The van der Waals surface area contributed by atoms with Crippen LogP contribution in [0.5, 0.6) is 0 Å². The fraction of sp³-hybridized carbons (Fsp3) is 0.533. The molecule has 0 aromatic heterocycles. The largest absolute Gasteiger partial charge is 0.385 e. The van der Waals surface area contributed by atoms with E-state index in [0.29, 0.717) is 12.8 Å². The first-order valence-corrected chi connectivity index (χ1v) is 7.01. The quantitative estimate of drug-likeness (QED) is 0.766. The van der Waals surface area contributed by atoms with Crippen molar-refractivity contribution in [2.45, 2.75) is 32.1 Å². The van der Waals surface area contributed by atoms with Crippen molar-refractivity contribution >= 4 is 17.3 Å². The first-order chi connectivity index (χ1) is 9.31. The molecule has 0 unspecified atom stereocenters. The monoisotopic (exact) mass is 264 g/mol. The Morgan fingerprint density at radius 2 is 1.95 bits per heavy atom. The molecule has 0 saturated carbocycles. The number of halogens is 1. The van der Waals surface area contributed by atoms with Crippen LogP contribution in [0.15, 0.2) is 24.3 Å². The van der Waals surface area contributed by atoms with Crippen molar-refractivity contribution < 1.29 is 9.18 Å². The number of unbranched alkanes of at least 4 members (excludes halogenated alkanes) is 2. The topological polar surface area (TPSA) is 32.3 Å². The molecular weight excluding hydrogens is 243 g/mol. The summed E-state index contributed by atoms with van der Waals surface area (Å²) in [6.07, 6.45) is 4.17. The van der Waals surface area contributed by atoms with Crippen molar-refractivity contribution in [2.75, 3.05) is 30.0 Å². The second-order valence-corrected chi connectivity index (χ2v) is 4.87. The van der Waals surface area contributed by atoms with Gasteiger partial charge in [0.05, 0.1) is 6.67 Å². The number of anilines is 2. The molecular formula is C15H21FN2O. The highest BCUT2D eigenvalue weighted by Gasteiger charge is 2.21. The zero-order valence-electron chi connectivity index (χ0n) is 11.2. The smallest absolute Gasteiger partial charge is 0.227 e. The Balaban J connectivity index is 1.79. The standard InChI is InChI=1S/C15H21FN2O/c16-10-2-1-3-11-17-13-6-8-14(9-7-13)18-12-4-5-15(18)19/h6-9,17H,1-5,10-12H2. The minimum absolute atomic E-state index is 0.215. The molecule has 0 bridgehead atoms. The number of carbonyl (C=O) groups excluding carboxylic acids is 1. The van der Waals surface area contributed by atoms with E-state index in [1.807, 2.05) is 29.2 Å². The summed E-state index contributed by atoms with van der Waals surface area (Å²) in [6.45, 7) is 1.47. The molecule has 0 atom stereocenters. The van der Waals surface area contributed by atoms with Gasteiger partial charge in [-0.2, -0.15) is 0 Å². The molecule has 1 aliphatic heterocycles. The van der Waals surface area contributed by atoms with Crippen molar-refractivity contribution in [2.24, 2.45) is 0 Å². The maximum absolute atomic E-state index is 11.9. The van der Waals surface area contributed by atoms with Crippen molar-refractivity contribution in [3.05, 3.63) is 24.3 Å². The average Bonchev–Trinajstić information content (AvgIpc) is 2.86. The van der Waals surface area contributed by atoms with Crippen molar-refractivity contribution in [1.29, 1.82) is 0 Å². The van der Waals surface area contributed by atoms with Gasteiger partial charge in [0.1, 0.15) is 0 Å². The van der Waals surface area contributed by atoms with Crippen LogP contribution >= 0.6 is 0 Å². The fourth-order valence-corrected chi connectivity index (χ4v) is 2.31. The molecule has 1 aliphatic rings. The number of alkyl halides is 1. The van der Waals surface area contributed by atoms with Crippen LogP contribution in [-0.4, -0.2) is 25.7 Å². The molecule has 1 N–H and O–H groups in total. The summed E-state index contributed by atoms with van der Waals surface area (Å²) in [5.74, 6) is 0.215. The molecule has 4 heteroatoms. The average molecular weight is 264 g/mol. The van der Waals surface area contributed by atoms with Crippen LogP contribution in [0, 0.1) is 0 Å². The zero-order valence-corrected chi connectivity index (χ0v) is 11.2. The van der Waals surface area contributed by atoms with E-state index in [9.17, 15) is 9.18 Å². The second kappa shape index (κ2) is 7.12. The maximum Gasteiger partial charge on any atom is 0.227 e. The highest BCUT2D eigenvalue weighted by atomic mass is 19.1. The Morgan fingerprint density at radius 3 is 2.58 bits per heavy atom. The molecule has 1 saturated heterocycles. The van der Waals surface area contributed by atoms with Crippen LogP contribution < -0.4 is 10.2 Å². The molecule has 3 nitrogen and oxygen atoms in total. The highest BCUT2D eigenvalue weighted by Crippen LogP contribution is 2.22. The van der Waals surface area contributed by atoms with Gasteiger partial charge in [0.2, 0.25) is 5.91 Å². The number of rotatable bonds is 7. The van der Waals surface area contributed by atoms with E-state index >= 15 is 0 Å². The zero-order chi connectivity index (χ0) is 13.5. The number of hydrogen-bond acceptors (Lipinski definition) is 2. The summed E-state index contributed by atoms with van der Waals surface area (Å²) in [6, 6.07) is 7.95. The lowest BCUT2D eigenvalue weighted by molar-refractivity contribution is -0.117. The molecule has 1 aromatic rings. The van der Waals surface area contributed by atoms with Crippen molar-refractivity contribution in [3.63, 3.8) is 0 Å². The number of amides is 1. The number of hydrogen-bond donors (Lipinski definition) is 1. The van der Waals surface area contributed by atoms with Crippen LogP contribution in [0.1, 0.15) is 32.1 Å². The van der Waals surface area contributed by atoms with Gasteiger partial charge in [-0.25, -0.2) is 0 Å².